The maximum Gasteiger partial charge on any atom is 0.122 e. The summed E-state index contributed by atoms with van der Waals surface area (Å²) in [5.41, 5.74) is 4.26. The second-order valence-electron chi connectivity index (χ2n) is 4.90. The molecular formula is C17H21NO2. The summed E-state index contributed by atoms with van der Waals surface area (Å²) >= 11 is 0. The summed E-state index contributed by atoms with van der Waals surface area (Å²) in [7, 11) is 0. The highest BCUT2D eigenvalue weighted by Gasteiger charge is 2.00. The summed E-state index contributed by atoms with van der Waals surface area (Å²) in [5.74, 6) is 0.941. The van der Waals surface area contributed by atoms with Crippen LogP contribution in [0.25, 0.3) is 0 Å². The van der Waals surface area contributed by atoms with Crippen molar-refractivity contribution in [3.63, 3.8) is 0 Å². The Hall–Kier alpha value is -2.00. The van der Waals surface area contributed by atoms with Gasteiger partial charge in [-0.1, -0.05) is 24.3 Å². The molecule has 0 fully saturated rings. The molecule has 0 heterocycles. The van der Waals surface area contributed by atoms with Gasteiger partial charge in [0, 0.05) is 12.2 Å². The van der Waals surface area contributed by atoms with Gasteiger partial charge in [-0.05, 0) is 48.7 Å². The summed E-state index contributed by atoms with van der Waals surface area (Å²) in [4.78, 5) is 0. The van der Waals surface area contributed by atoms with Gasteiger partial charge in [-0.25, -0.2) is 0 Å². The Bertz CT molecular complexity index is 567. The van der Waals surface area contributed by atoms with Crippen LogP contribution in [0.1, 0.15) is 16.7 Å². The van der Waals surface area contributed by atoms with Gasteiger partial charge >= 0.3 is 0 Å². The molecule has 106 valence electrons. The molecule has 0 amide bonds. The van der Waals surface area contributed by atoms with Crippen LogP contribution in [0.3, 0.4) is 0 Å². The number of anilines is 1. The average molecular weight is 271 g/mol. The molecule has 0 saturated heterocycles. The number of hydrogen-bond acceptors (Lipinski definition) is 3. The van der Waals surface area contributed by atoms with E-state index in [1.165, 1.54) is 5.56 Å². The fourth-order valence-corrected chi connectivity index (χ4v) is 2.00. The van der Waals surface area contributed by atoms with Gasteiger partial charge in [-0.2, -0.15) is 0 Å². The van der Waals surface area contributed by atoms with Crippen LogP contribution in [-0.2, 0) is 6.61 Å². The van der Waals surface area contributed by atoms with Crippen LogP contribution in [0.2, 0.25) is 0 Å². The zero-order valence-electron chi connectivity index (χ0n) is 12.0. The van der Waals surface area contributed by atoms with Crippen molar-refractivity contribution in [3.8, 4) is 5.75 Å². The van der Waals surface area contributed by atoms with Gasteiger partial charge in [0.1, 0.15) is 12.4 Å². The number of ether oxygens (including phenoxy) is 1. The number of rotatable bonds is 6. The highest BCUT2D eigenvalue weighted by molar-refractivity contribution is 5.45. The Morgan fingerprint density at radius 1 is 1.10 bits per heavy atom. The van der Waals surface area contributed by atoms with Crippen LogP contribution >= 0.6 is 0 Å². The van der Waals surface area contributed by atoms with E-state index in [1.807, 2.05) is 31.2 Å². The first-order chi connectivity index (χ1) is 9.69. The second kappa shape index (κ2) is 6.96. The maximum atomic E-state index is 9.09. The number of hydrogen-bond donors (Lipinski definition) is 2. The van der Waals surface area contributed by atoms with Crippen molar-refractivity contribution in [3.05, 3.63) is 59.2 Å². The van der Waals surface area contributed by atoms with Gasteiger partial charge in [-0.3, -0.25) is 0 Å². The smallest absolute Gasteiger partial charge is 0.122 e. The Balaban J connectivity index is 1.82. The standard InChI is InChI=1S/C17H21NO2/c1-13-6-7-14(2)17(10-13)20-9-8-18-16-5-3-4-15(11-16)12-19/h3-7,10-11,18-19H,8-9,12H2,1-2H3. The third-order valence-electron chi connectivity index (χ3n) is 3.14. The summed E-state index contributed by atoms with van der Waals surface area (Å²) in [6.07, 6.45) is 0. The van der Waals surface area contributed by atoms with Crippen molar-refractivity contribution >= 4 is 5.69 Å². The molecule has 2 aromatic carbocycles. The lowest BCUT2D eigenvalue weighted by Gasteiger charge is -2.11. The first kappa shape index (κ1) is 14.4. The molecular weight excluding hydrogens is 250 g/mol. The molecule has 0 bridgehead atoms. The van der Waals surface area contributed by atoms with Crippen molar-refractivity contribution in [2.45, 2.75) is 20.5 Å². The zero-order chi connectivity index (χ0) is 14.4. The third kappa shape index (κ3) is 4.00. The lowest BCUT2D eigenvalue weighted by molar-refractivity contribution is 0.282. The van der Waals surface area contributed by atoms with Gasteiger partial charge in [0.25, 0.3) is 0 Å². The normalized spacial score (nSPS) is 10.3. The van der Waals surface area contributed by atoms with Crippen molar-refractivity contribution < 1.29 is 9.84 Å². The Kier molecular flexibility index (Phi) is 5.02. The Labute approximate surface area is 120 Å². The first-order valence-electron chi connectivity index (χ1n) is 6.83. The molecule has 0 aliphatic carbocycles. The minimum atomic E-state index is 0.0640. The second-order valence-corrected chi connectivity index (χ2v) is 4.90. The van der Waals surface area contributed by atoms with Crippen LogP contribution in [0.4, 0.5) is 5.69 Å². The molecule has 0 aliphatic heterocycles. The number of aliphatic hydroxyl groups is 1. The average Bonchev–Trinajstić information content (AvgIpc) is 2.47. The Morgan fingerprint density at radius 3 is 2.75 bits per heavy atom. The molecule has 0 aliphatic rings. The molecule has 0 atom stereocenters. The van der Waals surface area contributed by atoms with Crippen LogP contribution in [0.15, 0.2) is 42.5 Å². The SMILES string of the molecule is Cc1ccc(C)c(OCCNc2cccc(CO)c2)c1. The largest absolute Gasteiger partial charge is 0.491 e. The fourth-order valence-electron chi connectivity index (χ4n) is 2.00. The van der Waals surface area contributed by atoms with Gasteiger partial charge in [0.2, 0.25) is 0 Å². The highest BCUT2D eigenvalue weighted by atomic mass is 16.5. The van der Waals surface area contributed by atoms with Crippen LogP contribution in [0, 0.1) is 13.8 Å². The minimum Gasteiger partial charge on any atom is -0.491 e. The molecule has 3 heteroatoms. The molecule has 0 saturated carbocycles. The van der Waals surface area contributed by atoms with Gasteiger partial charge in [-0.15, -0.1) is 0 Å². The van der Waals surface area contributed by atoms with Crippen molar-refractivity contribution in [2.24, 2.45) is 0 Å². The van der Waals surface area contributed by atoms with Gasteiger partial charge < -0.3 is 15.2 Å². The van der Waals surface area contributed by atoms with Gasteiger partial charge in [0.15, 0.2) is 0 Å². The van der Waals surface area contributed by atoms with Crippen molar-refractivity contribution in [1.82, 2.24) is 0 Å². The van der Waals surface area contributed by atoms with Crippen molar-refractivity contribution in [2.75, 3.05) is 18.5 Å². The van der Waals surface area contributed by atoms with E-state index in [-0.39, 0.29) is 6.61 Å². The molecule has 0 spiro atoms. The molecule has 20 heavy (non-hydrogen) atoms. The summed E-state index contributed by atoms with van der Waals surface area (Å²) in [6.45, 7) is 5.50. The topological polar surface area (TPSA) is 41.5 Å². The van der Waals surface area contributed by atoms with Crippen LogP contribution in [0.5, 0.6) is 5.75 Å². The van der Waals surface area contributed by atoms with Crippen LogP contribution < -0.4 is 10.1 Å². The summed E-state index contributed by atoms with van der Waals surface area (Å²) in [5, 5.41) is 12.4. The number of aliphatic hydroxyl groups excluding tert-OH is 1. The van der Waals surface area contributed by atoms with E-state index < -0.39 is 0 Å². The minimum absolute atomic E-state index is 0.0640. The molecule has 0 radical (unpaired) electrons. The quantitative estimate of drug-likeness (QED) is 0.792. The molecule has 2 rings (SSSR count). The van der Waals surface area contributed by atoms with E-state index in [0.29, 0.717) is 6.61 Å². The number of aryl methyl sites for hydroxylation is 2. The van der Waals surface area contributed by atoms with E-state index in [2.05, 4.69) is 30.4 Å². The first-order valence-corrected chi connectivity index (χ1v) is 6.83. The fraction of sp³-hybridized carbons (Fsp3) is 0.294. The molecule has 2 aromatic rings. The third-order valence-corrected chi connectivity index (χ3v) is 3.14. The van der Waals surface area contributed by atoms with E-state index in [1.54, 1.807) is 0 Å². The van der Waals surface area contributed by atoms with E-state index in [0.717, 1.165) is 29.1 Å². The lowest BCUT2D eigenvalue weighted by atomic mass is 10.1. The predicted octanol–water partition coefficient (Wildman–Crippen LogP) is 3.29. The summed E-state index contributed by atoms with van der Waals surface area (Å²) in [6, 6.07) is 14.0. The Morgan fingerprint density at radius 2 is 1.95 bits per heavy atom. The highest BCUT2D eigenvalue weighted by Crippen LogP contribution is 2.19. The number of nitrogens with one attached hydrogen (secondary N) is 1. The van der Waals surface area contributed by atoms with E-state index in [9.17, 15) is 0 Å². The molecule has 0 unspecified atom stereocenters. The van der Waals surface area contributed by atoms with Crippen LogP contribution in [-0.4, -0.2) is 18.3 Å². The molecule has 2 N–H and O–H groups in total. The summed E-state index contributed by atoms with van der Waals surface area (Å²) < 4.78 is 5.78. The van der Waals surface area contributed by atoms with Crippen molar-refractivity contribution in [1.29, 1.82) is 0 Å². The van der Waals surface area contributed by atoms with E-state index in [4.69, 9.17) is 9.84 Å². The maximum absolute atomic E-state index is 9.09. The zero-order valence-corrected chi connectivity index (χ0v) is 12.0. The monoisotopic (exact) mass is 271 g/mol. The number of benzene rings is 2. The van der Waals surface area contributed by atoms with Gasteiger partial charge in [0.05, 0.1) is 6.61 Å². The predicted molar refractivity (Wildman–Crippen MR) is 82.3 cm³/mol. The lowest BCUT2D eigenvalue weighted by Crippen LogP contribution is -2.12. The molecule has 3 nitrogen and oxygen atoms in total. The van der Waals surface area contributed by atoms with E-state index >= 15 is 0 Å². The molecule has 0 aromatic heterocycles.